The van der Waals surface area contributed by atoms with Crippen molar-refractivity contribution in [2.45, 2.75) is 56.8 Å². The van der Waals surface area contributed by atoms with Crippen LogP contribution in [0.25, 0.3) is 0 Å². The summed E-state index contributed by atoms with van der Waals surface area (Å²) < 4.78 is 27.0. The molecule has 2 bridgehead atoms. The second-order valence-electron chi connectivity index (χ2n) is 7.66. The van der Waals surface area contributed by atoms with E-state index in [-0.39, 0.29) is 23.3 Å². The van der Waals surface area contributed by atoms with Crippen LogP contribution in [0.3, 0.4) is 0 Å². The van der Waals surface area contributed by atoms with Crippen LogP contribution in [-0.2, 0) is 6.54 Å². The summed E-state index contributed by atoms with van der Waals surface area (Å²) in [6.45, 7) is 0.809. The van der Waals surface area contributed by atoms with Gasteiger partial charge in [0.15, 0.2) is 0 Å². The quantitative estimate of drug-likeness (QED) is 0.871. The fourth-order valence-electron chi connectivity index (χ4n) is 4.56. The van der Waals surface area contributed by atoms with Gasteiger partial charge >= 0.3 is 0 Å². The molecule has 0 saturated carbocycles. The first-order valence-electron chi connectivity index (χ1n) is 9.66. The third-order valence-corrected chi connectivity index (χ3v) is 5.86. The molecule has 0 aromatic heterocycles. The lowest BCUT2D eigenvalue weighted by Crippen LogP contribution is -2.56. The molecule has 2 aliphatic heterocycles. The van der Waals surface area contributed by atoms with Gasteiger partial charge in [-0.3, -0.25) is 9.69 Å². The smallest absolute Gasteiger partial charge is 0.254 e. The molecule has 2 fully saturated rings. The molecule has 27 heavy (non-hydrogen) atoms. The second kappa shape index (κ2) is 7.77. The van der Waals surface area contributed by atoms with Crippen LogP contribution in [0.5, 0.6) is 0 Å². The lowest BCUT2D eigenvalue weighted by Gasteiger charge is -2.49. The standard InChI is InChI=1S/C22H24F2N2O/c23-16-10-8-15(9-11-16)14-26-18-4-3-5-19(26)13-17(12-18)25-22(27)20-6-1-2-7-21(20)24/h1-2,6-11,17-19H,3-5,12-14H2,(H,25,27)/t18-,19-/m0/s1. The highest BCUT2D eigenvalue weighted by Crippen LogP contribution is 2.35. The summed E-state index contributed by atoms with van der Waals surface area (Å²) in [5.41, 5.74) is 1.22. The number of carbonyl (C=O) groups is 1. The van der Waals surface area contributed by atoms with Gasteiger partial charge in [0.05, 0.1) is 5.56 Å². The van der Waals surface area contributed by atoms with Gasteiger partial charge in [-0.05, 0) is 55.5 Å². The molecule has 142 valence electrons. The van der Waals surface area contributed by atoms with Crippen molar-refractivity contribution in [3.8, 4) is 0 Å². The molecule has 3 nitrogen and oxygen atoms in total. The molecule has 2 aliphatic rings. The Labute approximate surface area is 158 Å². The SMILES string of the molecule is O=C(NC1C[C@@H]2CCC[C@@H](C1)N2Cc1ccc(F)cc1)c1ccccc1F. The van der Waals surface area contributed by atoms with Crippen molar-refractivity contribution in [3.63, 3.8) is 0 Å². The summed E-state index contributed by atoms with van der Waals surface area (Å²) in [6.07, 6.45) is 5.15. The van der Waals surface area contributed by atoms with Crippen molar-refractivity contribution in [2.24, 2.45) is 0 Å². The third-order valence-electron chi connectivity index (χ3n) is 5.86. The number of nitrogens with zero attached hydrogens (tertiary/aromatic N) is 1. The largest absolute Gasteiger partial charge is 0.349 e. The number of hydrogen-bond acceptors (Lipinski definition) is 2. The number of halogens is 2. The maximum absolute atomic E-state index is 13.9. The molecule has 2 aromatic rings. The van der Waals surface area contributed by atoms with Crippen LogP contribution in [0.2, 0.25) is 0 Å². The van der Waals surface area contributed by atoms with Gasteiger partial charge in [-0.15, -0.1) is 0 Å². The van der Waals surface area contributed by atoms with Crippen LogP contribution in [0.4, 0.5) is 8.78 Å². The fraction of sp³-hybridized carbons (Fsp3) is 0.409. The van der Waals surface area contributed by atoms with Crippen molar-refractivity contribution >= 4 is 5.91 Å². The third kappa shape index (κ3) is 4.03. The van der Waals surface area contributed by atoms with Gasteiger partial charge in [-0.25, -0.2) is 8.78 Å². The predicted molar refractivity (Wildman–Crippen MR) is 100 cm³/mol. The van der Waals surface area contributed by atoms with Gasteiger partial charge in [-0.1, -0.05) is 30.7 Å². The minimum Gasteiger partial charge on any atom is -0.349 e. The van der Waals surface area contributed by atoms with Gasteiger partial charge < -0.3 is 5.32 Å². The molecule has 0 radical (unpaired) electrons. The van der Waals surface area contributed by atoms with Gasteiger partial charge in [0.1, 0.15) is 11.6 Å². The summed E-state index contributed by atoms with van der Waals surface area (Å²) in [5.74, 6) is -1.03. The molecular weight excluding hydrogens is 346 g/mol. The number of hydrogen-bond donors (Lipinski definition) is 1. The van der Waals surface area contributed by atoms with Gasteiger partial charge in [-0.2, -0.15) is 0 Å². The lowest BCUT2D eigenvalue weighted by molar-refractivity contribution is 0.0176. The van der Waals surface area contributed by atoms with E-state index in [1.807, 2.05) is 12.1 Å². The molecule has 0 aliphatic carbocycles. The summed E-state index contributed by atoms with van der Waals surface area (Å²) in [5, 5.41) is 3.04. The average molecular weight is 370 g/mol. The molecule has 1 amide bonds. The van der Waals surface area contributed by atoms with Crippen molar-refractivity contribution in [1.29, 1.82) is 0 Å². The zero-order valence-electron chi connectivity index (χ0n) is 15.2. The first-order chi connectivity index (χ1) is 13.1. The van der Waals surface area contributed by atoms with E-state index in [2.05, 4.69) is 10.2 Å². The van der Waals surface area contributed by atoms with E-state index in [4.69, 9.17) is 0 Å². The first kappa shape index (κ1) is 18.1. The Bertz CT molecular complexity index is 794. The molecule has 0 spiro atoms. The molecule has 4 rings (SSSR count). The number of fused-ring (bicyclic) bond motifs is 2. The van der Waals surface area contributed by atoms with E-state index in [0.29, 0.717) is 12.1 Å². The molecule has 2 atom stereocenters. The summed E-state index contributed by atoms with van der Waals surface area (Å²) >= 11 is 0. The highest BCUT2D eigenvalue weighted by molar-refractivity contribution is 5.94. The van der Waals surface area contributed by atoms with Crippen LogP contribution in [0.1, 0.15) is 48.0 Å². The monoisotopic (exact) mass is 370 g/mol. The number of benzene rings is 2. The Morgan fingerprint density at radius 3 is 2.33 bits per heavy atom. The average Bonchev–Trinajstić information content (AvgIpc) is 2.64. The highest BCUT2D eigenvalue weighted by atomic mass is 19.1. The highest BCUT2D eigenvalue weighted by Gasteiger charge is 2.38. The number of amides is 1. The zero-order valence-corrected chi connectivity index (χ0v) is 15.2. The van der Waals surface area contributed by atoms with Crippen LogP contribution >= 0.6 is 0 Å². The molecule has 2 heterocycles. The second-order valence-corrected chi connectivity index (χ2v) is 7.66. The van der Waals surface area contributed by atoms with E-state index < -0.39 is 5.82 Å². The number of piperidine rings is 2. The zero-order chi connectivity index (χ0) is 18.8. The summed E-state index contributed by atoms with van der Waals surface area (Å²) in [7, 11) is 0. The minimum atomic E-state index is -0.482. The van der Waals surface area contributed by atoms with E-state index in [0.717, 1.165) is 37.8 Å². The fourth-order valence-corrected chi connectivity index (χ4v) is 4.56. The van der Waals surface area contributed by atoms with E-state index in [1.54, 1.807) is 12.1 Å². The van der Waals surface area contributed by atoms with E-state index in [1.165, 1.54) is 30.7 Å². The molecule has 0 unspecified atom stereocenters. The van der Waals surface area contributed by atoms with Crippen molar-refractivity contribution in [1.82, 2.24) is 10.2 Å². The minimum absolute atomic E-state index is 0.0665. The Balaban J connectivity index is 1.42. The predicted octanol–water partition coefficient (Wildman–Crippen LogP) is 4.28. The topological polar surface area (TPSA) is 32.3 Å². The van der Waals surface area contributed by atoms with Crippen LogP contribution < -0.4 is 5.32 Å². The normalized spacial score (nSPS) is 25.2. The molecule has 2 aromatic carbocycles. The van der Waals surface area contributed by atoms with Crippen molar-refractivity contribution in [2.75, 3.05) is 0 Å². The van der Waals surface area contributed by atoms with Crippen LogP contribution in [0, 0.1) is 11.6 Å². The van der Waals surface area contributed by atoms with Crippen molar-refractivity contribution in [3.05, 3.63) is 71.3 Å². The maximum Gasteiger partial charge on any atom is 0.254 e. The first-order valence-corrected chi connectivity index (χ1v) is 9.66. The Morgan fingerprint density at radius 2 is 1.67 bits per heavy atom. The van der Waals surface area contributed by atoms with Crippen LogP contribution in [0.15, 0.2) is 48.5 Å². The van der Waals surface area contributed by atoms with Gasteiger partial charge in [0.2, 0.25) is 0 Å². The maximum atomic E-state index is 13.9. The molecule has 5 heteroatoms. The van der Waals surface area contributed by atoms with Crippen LogP contribution in [-0.4, -0.2) is 28.9 Å². The molecular formula is C22H24F2N2O. The summed E-state index contributed by atoms with van der Waals surface area (Å²) in [4.78, 5) is 15.0. The summed E-state index contributed by atoms with van der Waals surface area (Å²) in [6, 6.07) is 13.7. The molecule has 1 N–H and O–H groups in total. The van der Waals surface area contributed by atoms with E-state index >= 15 is 0 Å². The Kier molecular flexibility index (Phi) is 5.21. The number of rotatable bonds is 4. The van der Waals surface area contributed by atoms with Crippen molar-refractivity contribution < 1.29 is 13.6 Å². The van der Waals surface area contributed by atoms with Gasteiger partial charge in [0, 0.05) is 24.7 Å². The van der Waals surface area contributed by atoms with Gasteiger partial charge in [0.25, 0.3) is 5.91 Å². The lowest BCUT2D eigenvalue weighted by atomic mass is 9.81. The Morgan fingerprint density at radius 1 is 1.00 bits per heavy atom. The Hall–Kier alpha value is -2.27. The van der Waals surface area contributed by atoms with E-state index in [9.17, 15) is 13.6 Å². The number of carbonyl (C=O) groups excluding carboxylic acids is 1. The number of nitrogens with one attached hydrogen (secondary N) is 1. The molecule has 2 saturated heterocycles.